The fourth-order valence-electron chi connectivity index (χ4n) is 3.54. The van der Waals surface area contributed by atoms with Crippen molar-refractivity contribution >= 4 is 11.8 Å². The first-order chi connectivity index (χ1) is 13.5. The Hall–Kier alpha value is -3.41. The molecule has 1 aromatic heterocycles. The number of nitrogens with one attached hydrogen (secondary N) is 1. The summed E-state index contributed by atoms with van der Waals surface area (Å²) < 4.78 is 15.0. The number of amides is 2. The van der Waals surface area contributed by atoms with Crippen LogP contribution in [0.4, 0.5) is 4.39 Å². The molecule has 0 spiro atoms. The molecule has 0 radical (unpaired) electrons. The Morgan fingerprint density at radius 1 is 1.07 bits per heavy atom. The smallest absolute Gasteiger partial charge is 0.255 e. The molecule has 1 unspecified atom stereocenters. The molecule has 3 aromatic rings. The second kappa shape index (κ2) is 7.31. The van der Waals surface area contributed by atoms with Gasteiger partial charge in [0.25, 0.3) is 5.91 Å². The van der Waals surface area contributed by atoms with Gasteiger partial charge in [-0.3, -0.25) is 9.59 Å². The Balaban J connectivity index is 1.59. The van der Waals surface area contributed by atoms with Gasteiger partial charge < -0.3 is 14.8 Å². The van der Waals surface area contributed by atoms with Gasteiger partial charge in [-0.1, -0.05) is 30.3 Å². The summed E-state index contributed by atoms with van der Waals surface area (Å²) in [5.74, 6) is -0.727. The van der Waals surface area contributed by atoms with Crippen molar-refractivity contribution in [2.24, 2.45) is 7.05 Å². The number of fused-ring (bicyclic) bond motifs is 1. The Morgan fingerprint density at radius 3 is 2.54 bits per heavy atom. The molecule has 28 heavy (non-hydrogen) atoms. The van der Waals surface area contributed by atoms with Crippen molar-refractivity contribution in [3.8, 4) is 0 Å². The van der Waals surface area contributed by atoms with Crippen LogP contribution in [0.25, 0.3) is 0 Å². The van der Waals surface area contributed by atoms with Crippen LogP contribution < -0.4 is 5.32 Å². The Bertz CT molecular complexity index is 1030. The third-order valence-corrected chi connectivity index (χ3v) is 5.07. The van der Waals surface area contributed by atoms with Crippen molar-refractivity contribution in [3.05, 3.63) is 95.1 Å². The lowest BCUT2D eigenvalue weighted by Gasteiger charge is -2.25. The molecule has 0 aliphatic carbocycles. The van der Waals surface area contributed by atoms with E-state index in [9.17, 15) is 14.0 Å². The molecule has 0 fully saturated rings. The van der Waals surface area contributed by atoms with Gasteiger partial charge in [0.2, 0.25) is 5.91 Å². The van der Waals surface area contributed by atoms with Crippen molar-refractivity contribution in [2.45, 2.75) is 19.1 Å². The number of nitrogens with zero attached hydrogens (tertiary/aromatic N) is 2. The maximum absolute atomic E-state index is 13.1. The Morgan fingerprint density at radius 2 is 1.82 bits per heavy atom. The summed E-state index contributed by atoms with van der Waals surface area (Å²) in [4.78, 5) is 27.6. The lowest BCUT2D eigenvalue weighted by atomic mass is 10.0. The van der Waals surface area contributed by atoms with Crippen LogP contribution in [0.3, 0.4) is 0 Å². The van der Waals surface area contributed by atoms with Crippen LogP contribution in [-0.4, -0.2) is 21.3 Å². The fourth-order valence-corrected chi connectivity index (χ4v) is 3.54. The minimum absolute atomic E-state index is 0.154. The SMILES string of the molecule is Cn1cccc1CN1C(=O)c2ccccc2C1C(=O)NCc1ccc(F)cc1. The second-order valence-electron chi connectivity index (χ2n) is 6.88. The number of rotatable bonds is 5. The molecule has 1 aliphatic rings. The van der Waals surface area contributed by atoms with Crippen LogP contribution in [-0.2, 0) is 24.9 Å². The van der Waals surface area contributed by atoms with Crippen LogP contribution in [0.15, 0.2) is 66.9 Å². The van der Waals surface area contributed by atoms with Gasteiger partial charge >= 0.3 is 0 Å². The summed E-state index contributed by atoms with van der Waals surface area (Å²) in [6.07, 6.45) is 1.91. The summed E-state index contributed by atoms with van der Waals surface area (Å²) in [7, 11) is 1.91. The zero-order chi connectivity index (χ0) is 19.7. The zero-order valence-corrected chi connectivity index (χ0v) is 15.4. The molecule has 1 N–H and O–H groups in total. The molecule has 1 aliphatic heterocycles. The summed E-state index contributed by atoms with van der Waals surface area (Å²) in [5.41, 5.74) is 3.00. The molecule has 5 nitrogen and oxygen atoms in total. The van der Waals surface area contributed by atoms with Crippen LogP contribution in [0, 0.1) is 5.82 Å². The van der Waals surface area contributed by atoms with Crippen LogP contribution >= 0.6 is 0 Å². The van der Waals surface area contributed by atoms with E-state index in [-0.39, 0.29) is 24.2 Å². The molecule has 0 saturated carbocycles. The van der Waals surface area contributed by atoms with Crippen molar-refractivity contribution in [3.63, 3.8) is 0 Å². The number of aromatic nitrogens is 1. The predicted octanol–water partition coefficient (Wildman–Crippen LogP) is 3.18. The summed E-state index contributed by atoms with van der Waals surface area (Å²) in [6.45, 7) is 0.607. The van der Waals surface area contributed by atoms with E-state index >= 15 is 0 Å². The molecule has 0 bridgehead atoms. The highest BCUT2D eigenvalue weighted by Crippen LogP contribution is 2.35. The van der Waals surface area contributed by atoms with Gasteiger partial charge in [0.15, 0.2) is 0 Å². The third kappa shape index (κ3) is 3.29. The molecule has 0 saturated heterocycles. The quantitative estimate of drug-likeness (QED) is 0.743. The van der Waals surface area contributed by atoms with Crippen LogP contribution in [0.5, 0.6) is 0 Å². The van der Waals surface area contributed by atoms with Crippen LogP contribution in [0.1, 0.15) is 33.2 Å². The van der Waals surface area contributed by atoms with E-state index < -0.39 is 6.04 Å². The largest absolute Gasteiger partial charge is 0.353 e. The predicted molar refractivity (Wildman–Crippen MR) is 103 cm³/mol. The van der Waals surface area contributed by atoms with Crippen molar-refractivity contribution in [2.75, 3.05) is 0 Å². The fraction of sp³-hybridized carbons (Fsp3) is 0.182. The second-order valence-corrected chi connectivity index (χ2v) is 6.88. The van der Waals surface area contributed by atoms with Crippen molar-refractivity contribution < 1.29 is 14.0 Å². The lowest BCUT2D eigenvalue weighted by molar-refractivity contribution is -0.125. The molecule has 4 rings (SSSR count). The van der Waals surface area contributed by atoms with E-state index in [2.05, 4.69) is 5.32 Å². The normalized spacial score (nSPS) is 15.6. The minimum atomic E-state index is -0.695. The first-order valence-electron chi connectivity index (χ1n) is 9.07. The number of hydrogen-bond acceptors (Lipinski definition) is 2. The summed E-state index contributed by atoms with van der Waals surface area (Å²) in [5, 5.41) is 2.88. The maximum Gasteiger partial charge on any atom is 0.255 e. The highest BCUT2D eigenvalue weighted by atomic mass is 19.1. The molecule has 142 valence electrons. The molecule has 6 heteroatoms. The van der Waals surface area contributed by atoms with Gasteiger partial charge in [-0.15, -0.1) is 0 Å². The number of aryl methyl sites for hydroxylation is 1. The summed E-state index contributed by atoms with van der Waals surface area (Å²) >= 11 is 0. The maximum atomic E-state index is 13.1. The Kier molecular flexibility index (Phi) is 4.69. The van der Waals surface area contributed by atoms with Gasteiger partial charge in [-0.2, -0.15) is 0 Å². The number of halogens is 1. The van der Waals surface area contributed by atoms with Gasteiger partial charge in [-0.05, 0) is 41.5 Å². The van der Waals surface area contributed by atoms with E-state index in [1.165, 1.54) is 12.1 Å². The average Bonchev–Trinajstić information content (AvgIpc) is 3.23. The zero-order valence-electron chi connectivity index (χ0n) is 15.4. The van der Waals surface area contributed by atoms with Gasteiger partial charge in [0.1, 0.15) is 11.9 Å². The number of carbonyl (C=O) groups is 2. The van der Waals surface area contributed by atoms with Gasteiger partial charge in [0, 0.05) is 31.0 Å². The third-order valence-electron chi connectivity index (χ3n) is 5.07. The minimum Gasteiger partial charge on any atom is -0.353 e. The highest BCUT2D eigenvalue weighted by molar-refractivity contribution is 6.04. The van der Waals surface area contributed by atoms with Crippen molar-refractivity contribution in [1.82, 2.24) is 14.8 Å². The molecule has 2 heterocycles. The van der Waals surface area contributed by atoms with Crippen molar-refractivity contribution in [1.29, 1.82) is 0 Å². The first kappa shape index (κ1) is 18.0. The topological polar surface area (TPSA) is 54.3 Å². The average molecular weight is 377 g/mol. The van der Waals surface area contributed by atoms with E-state index in [1.807, 2.05) is 42.1 Å². The lowest BCUT2D eigenvalue weighted by Crippen LogP contribution is -2.38. The van der Waals surface area contributed by atoms with E-state index in [1.54, 1.807) is 29.2 Å². The molecular formula is C22H20FN3O2. The molecule has 2 aromatic carbocycles. The first-order valence-corrected chi connectivity index (χ1v) is 9.07. The van der Waals surface area contributed by atoms with E-state index in [4.69, 9.17) is 0 Å². The number of benzene rings is 2. The van der Waals surface area contributed by atoms with Gasteiger partial charge in [-0.25, -0.2) is 4.39 Å². The standard InChI is InChI=1S/C22H20FN3O2/c1-25-12-4-5-17(25)14-26-20(18-6-2-3-7-19(18)22(26)28)21(27)24-13-15-8-10-16(23)11-9-15/h2-12,20H,13-14H2,1H3,(H,24,27). The van der Waals surface area contributed by atoms with E-state index in [0.717, 1.165) is 11.3 Å². The van der Waals surface area contributed by atoms with E-state index in [0.29, 0.717) is 17.7 Å². The van der Waals surface area contributed by atoms with Gasteiger partial charge in [0.05, 0.1) is 6.54 Å². The number of carbonyl (C=O) groups excluding carboxylic acids is 2. The Labute approximate surface area is 162 Å². The molecular weight excluding hydrogens is 357 g/mol. The molecule has 2 amide bonds. The van der Waals surface area contributed by atoms with Crippen LogP contribution in [0.2, 0.25) is 0 Å². The number of hydrogen-bond donors (Lipinski definition) is 1. The summed E-state index contributed by atoms with van der Waals surface area (Å²) in [6, 6.07) is 16.3. The molecule has 1 atom stereocenters. The monoisotopic (exact) mass is 377 g/mol. The highest BCUT2D eigenvalue weighted by Gasteiger charge is 2.40.